The Morgan fingerprint density at radius 1 is 1.08 bits per heavy atom. The number of carbonyl (C=O) groups excluding carboxylic acids is 2. The minimum atomic E-state index is -3.02. The second-order valence-corrected chi connectivity index (χ2v) is 14.6. The van der Waals surface area contributed by atoms with Crippen molar-refractivity contribution in [3.8, 4) is 0 Å². The van der Waals surface area contributed by atoms with Crippen molar-refractivity contribution in [1.29, 1.82) is 0 Å². The molecule has 0 unspecified atom stereocenters. The molecule has 0 bridgehead atoms. The summed E-state index contributed by atoms with van der Waals surface area (Å²) in [5.41, 5.74) is -1.90. The molecular formula is C28H32F3N3O4S. The fourth-order valence-corrected chi connectivity index (χ4v) is 8.55. The Morgan fingerprint density at radius 2 is 1.77 bits per heavy atom. The lowest BCUT2D eigenvalue weighted by Crippen LogP contribution is -2.56. The summed E-state index contributed by atoms with van der Waals surface area (Å²) >= 11 is 0. The number of ketones is 1. The van der Waals surface area contributed by atoms with Gasteiger partial charge in [0.15, 0.2) is 11.6 Å². The summed E-state index contributed by atoms with van der Waals surface area (Å²) in [7, 11) is -3.02. The van der Waals surface area contributed by atoms with Crippen molar-refractivity contribution < 1.29 is 31.7 Å². The number of Topliss-reactive ketones (excluding diaryl/α,β-unsaturated/α-hetero) is 1. The third-order valence-corrected chi connectivity index (χ3v) is 11.0. The number of hydrogen-bond donors (Lipinski definition) is 0. The lowest BCUT2D eigenvalue weighted by molar-refractivity contribution is -0.153. The minimum Gasteiger partial charge on any atom is -0.460 e. The summed E-state index contributed by atoms with van der Waals surface area (Å²) in [6.45, 7) is 10.6. The van der Waals surface area contributed by atoms with Crippen LogP contribution in [0, 0.1) is 17.5 Å². The molecular weight excluding hydrogens is 531 g/mol. The van der Waals surface area contributed by atoms with Gasteiger partial charge >= 0.3 is 5.97 Å². The molecule has 0 N–H and O–H groups in total. The minimum absolute atomic E-state index is 0.0901. The molecule has 0 radical (unpaired) electrons. The number of pyridine rings is 1. The van der Waals surface area contributed by atoms with Crippen LogP contribution < -0.4 is 0 Å². The van der Waals surface area contributed by atoms with Gasteiger partial charge in [0, 0.05) is 30.3 Å². The standard InChI is InChI=1S/C28H32F3N3O4S/c1-26(2,3)38-24(36)14-22-27(4,5)39(37)23(9-10-33-39)28(6,34-22)18-11-16(7-8-19(18)30)12-21(35)25-20(31)13-17(29)15-32-25/h7-8,11,13,15,23H,9-10,12,14H2,1-6H3/t23-,28+,39+/m0/s1. The van der Waals surface area contributed by atoms with Gasteiger partial charge in [0.1, 0.15) is 28.5 Å². The van der Waals surface area contributed by atoms with E-state index in [2.05, 4.69) is 9.35 Å². The number of aromatic nitrogens is 1. The number of ether oxygens (including phenoxy) is 1. The molecule has 0 saturated carbocycles. The first kappa shape index (κ1) is 28.9. The highest BCUT2D eigenvalue weighted by Gasteiger charge is 2.57. The van der Waals surface area contributed by atoms with E-state index in [0.717, 1.165) is 6.20 Å². The zero-order valence-corrected chi connectivity index (χ0v) is 23.6. The first-order valence-corrected chi connectivity index (χ1v) is 14.2. The molecule has 7 nitrogen and oxygen atoms in total. The smallest absolute Gasteiger partial charge is 0.312 e. The zero-order chi connectivity index (χ0) is 29.0. The first-order valence-electron chi connectivity index (χ1n) is 12.6. The molecule has 2 aliphatic heterocycles. The van der Waals surface area contributed by atoms with Crippen molar-refractivity contribution in [1.82, 2.24) is 4.98 Å². The maximum Gasteiger partial charge on any atom is 0.312 e. The van der Waals surface area contributed by atoms with Gasteiger partial charge in [-0.25, -0.2) is 26.7 Å². The molecule has 0 spiro atoms. The Hall–Kier alpha value is -3.08. The van der Waals surface area contributed by atoms with Crippen LogP contribution in [0.5, 0.6) is 0 Å². The van der Waals surface area contributed by atoms with Crippen LogP contribution in [0.1, 0.15) is 76.0 Å². The third kappa shape index (κ3) is 5.25. The van der Waals surface area contributed by atoms with Crippen molar-refractivity contribution in [2.45, 2.75) is 81.9 Å². The average Bonchev–Trinajstić information content (AvgIpc) is 3.22. The van der Waals surface area contributed by atoms with Crippen molar-refractivity contribution >= 4 is 27.2 Å². The van der Waals surface area contributed by atoms with Crippen LogP contribution >= 0.6 is 0 Å². The summed E-state index contributed by atoms with van der Waals surface area (Å²) in [4.78, 5) is 34.0. The Labute approximate surface area is 226 Å². The molecule has 4 rings (SSSR count). The monoisotopic (exact) mass is 563 g/mol. The fourth-order valence-electron chi connectivity index (χ4n) is 5.28. The molecule has 210 valence electrons. The van der Waals surface area contributed by atoms with E-state index in [0.29, 0.717) is 30.3 Å². The largest absolute Gasteiger partial charge is 0.460 e. The summed E-state index contributed by atoms with van der Waals surface area (Å²) in [6.07, 6.45) is 0.575. The van der Waals surface area contributed by atoms with Gasteiger partial charge in [-0.1, -0.05) is 6.07 Å². The van der Waals surface area contributed by atoms with E-state index >= 15 is 4.39 Å². The highest BCUT2D eigenvalue weighted by Crippen LogP contribution is 2.49. The molecule has 11 heteroatoms. The van der Waals surface area contributed by atoms with Crippen LogP contribution in [0.3, 0.4) is 0 Å². The van der Waals surface area contributed by atoms with Crippen molar-refractivity contribution in [3.05, 3.63) is 64.7 Å². The Kier molecular flexibility index (Phi) is 7.29. The van der Waals surface area contributed by atoms with Gasteiger partial charge in [-0.3, -0.25) is 14.6 Å². The Morgan fingerprint density at radius 3 is 2.41 bits per heavy atom. The van der Waals surface area contributed by atoms with Gasteiger partial charge in [0.05, 0.1) is 32.3 Å². The molecule has 0 saturated heterocycles. The van der Waals surface area contributed by atoms with E-state index < -0.39 is 65.8 Å². The van der Waals surface area contributed by atoms with Crippen LogP contribution in [-0.2, 0) is 31.2 Å². The van der Waals surface area contributed by atoms with Gasteiger partial charge in [-0.2, -0.15) is 0 Å². The molecule has 0 fully saturated rings. The molecule has 0 amide bonds. The van der Waals surface area contributed by atoms with E-state index in [-0.39, 0.29) is 18.4 Å². The van der Waals surface area contributed by atoms with Crippen LogP contribution in [-0.4, -0.2) is 48.8 Å². The second kappa shape index (κ2) is 9.83. The lowest BCUT2D eigenvalue weighted by atomic mass is 9.84. The van der Waals surface area contributed by atoms with Crippen molar-refractivity contribution in [3.63, 3.8) is 0 Å². The van der Waals surface area contributed by atoms with Crippen LogP contribution in [0.4, 0.5) is 13.2 Å². The molecule has 0 aliphatic carbocycles. The van der Waals surface area contributed by atoms with Gasteiger partial charge in [0.25, 0.3) is 0 Å². The molecule has 3 atom stereocenters. The van der Waals surface area contributed by atoms with E-state index in [1.807, 2.05) is 0 Å². The molecule has 2 aromatic rings. The van der Waals surface area contributed by atoms with Gasteiger partial charge in [-0.15, -0.1) is 0 Å². The third-order valence-electron chi connectivity index (χ3n) is 7.22. The Bertz CT molecular complexity index is 1510. The topological polar surface area (TPSA) is 98.1 Å². The number of esters is 1. The second-order valence-electron chi connectivity index (χ2n) is 11.6. The van der Waals surface area contributed by atoms with Crippen molar-refractivity contribution in [2.24, 2.45) is 9.36 Å². The quantitative estimate of drug-likeness (QED) is 0.349. The number of carbonyl (C=O) groups is 2. The molecule has 1 aromatic carbocycles. The SMILES string of the molecule is CC(C)(C)OC(=O)CC1=N[C@](C)(c2cc(CC(=O)c3ncc(F)cc3F)ccc2F)[C@@H]2CCN=[S@]2(=O)C1(C)C. The normalized spacial score (nSPS) is 25.9. The van der Waals surface area contributed by atoms with Gasteiger partial charge in [0.2, 0.25) is 0 Å². The lowest BCUT2D eigenvalue weighted by Gasteiger charge is -2.46. The number of halogens is 3. The van der Waals surface area contributed by atoms with Crippen molar-refractivity contribution in [2.75, 3.05) is 6.54 Å². The maximum absolute atomic E-state index is 15.5. The number of aliphatic imine (C=N–C) groups is 1. The van der Waals surface area contributed by atoms with E-state index in [4.69, 9.17) is 9.73 Å². The predicted octanol–water partition coefficient (Wildman–Crippen LogP) is 5.34. The summed E-state index contributed by atoms with van der Waals surface area (Å²) in [5.74, 6) is -3.90. The fraction of sp³-hybridized carbons (Fsp3) is 0.500. The first-order chi connectivity index (χ1) is 18.0. The highest BCUT2D eigenvalue weighted by atomic mass is 32.2. The van der Waals surface area contributed by atoms with E-state index in [1.165, 1.54) is 18.2 Å². The summed E-state index contributed by atoms with van der Waals surface area (Å²) in [5, 5.41) is -0.654. The Balaban J connectivity index is 1.78. The van der Waals surface area contributed by atoms with Crippen LogP contribution in [0.25, 0.3) is 0 Å². The number of nitrogens with zero attached hydrogens (tertiary/aromatic N) is 3. The van der Waals surface area contributed by atoms with E-state index in [9.17, 15) is 22.6 Å². The highest BCUT2D eigenvalue weighted by molar-refractivity contribution is 7.96. The molecule has 39 heavy (non-hydrogen) atoms. The number of fused-ring (bicyclic) bond motifs is 1. The zero-order valence-electron chi connectivity index (χ0n) is 22.8. The van der Waals surface area contributed by atoms with Crippen LogP contribution in [0.15, 0.2) is 39.8 Å². The van der Waals surface area contributed by atoms with Gasteiger partial charge < -0.3 is 4.74 Å². The molecule has 3 heterocycles. The molecule has 2 aliphatic rings. The maximum atomic E-state index is 15.5. The molecule has 1 aromatic heterocycles. The van der Waals surface area contributed by atoms with Gasteiger partial charge in [-0.05, 0) is 65.7 Å². The summed E-state index contributed by atoms with van der Waals surface area (Å²) < 4.78 is 66.2. The number of hydrogen-bond acceptors (Lipinski definition) is 7. The summed E-state index contributed by atoms with van der Waals surface area (Å²) in [6, 6.07) is 4.58. The number of benzene rings is 1. The van der Waals surface area contributed by atoms with E-state index in [1.54, 1.807) is 41.5 Å². The predicted molar refractivity (Wildman–Crippen MR) is 142 cm³/mol. The number of rotatable bonds is 6. The van der Waals surface area contributed by atoms with Crippen LogP contribution in [0.2, 0.25) is 0 Å². The average molecular weight is 564 g/mol.